The average molecular weight is 251 g/mol. The maximum atomic E-state index is 9.38. The molecule has 3 heteroatoms. The van der Waals surface area contributed by atoms with Gasteiger partial charge in [0.25, 0.3) is 0 Å². The van der Waals surface area contributed by atoms with Crippen LogP contribution in [0, 0.1) is 0 Å². The summed E-state index contributed by atoms with van der Waals surface area (Å²) in [6.45, 7) is 2.35. The molecule has 17 heavy (non-hydrogen) atoms. The normalized spacial score (nSPS) is 21.1. The number of hydrogen-bond acceptors (Lipinski definition) is 3. The van der Waals surface area contributed by atoms with Gasteiger partial charge in [0.05, 0.1) is 0 Å². The molecule has 1 heterocycles. The molecule has 94 valence electrons. The van der Waals surface area contributed by atoms with Gasteiger partial charge in [0.15, 0.2) is 0 Å². The van der Waals surface area contributed by atoms with Crippen LogP contribution in [0.1, 0.15) is 24.8 Å². The molecule has 0 bridgehead atoms. The minimum atomic E-state index is 0.381. The van der Waals surface area contributed by atoms with Gasteiger partial charge < -0.3 is 10.4 Å². The van der Waals surface area contributed by atoms with E-state index >= 15 is 0 Å². The number of thioether (sulfide) groups is 1. The van der Waals surface area contributed by atoms with Crippen LogP contribution in [0.2, 0.25) is 0 Å². The zero-order valence-electron chi connectivity index (χ0n) is 10.2. The minimum absolute atomic E-state index is 0.381. The van der Waals surface area contributed by atoms with Crippen molar-refractivity contribution >= 4 is 11.8 Å². The molecular weight excluding hydrogens is 230 g/mol. The van der Waals surface area contributed by atoms with Gasteiger partial charge in [0.2, 0.25) is 0 Å². The Labute approximate surface area is 108 Å². The van der Waals surface area contributed by atoms with Crippen molar-refractivity contribution in [3.8, 4) is 5.75 Å². The molecule has 2 nitrogen and oxygen atoms in total. The Kier molecular flexibility index (Phi) is 5.20. The predicted molar refractivity (Wildman–Crippen MR) is 74.8 cm³/mol. The Morgan fingerprint density at radius 1 is 1.29 bits per heavy atom. The molecular formula is C14H21NOS. The standard InChI is InChI=1S/C14H21NOS/c16-13-4-1-3-12(11-13)7-10-17-14-5-2-8-15-9-6-14/h1,3-4,11,14-16H,2,5-10H2. The summed E-state index contributed by atoms with van der Waals surface area (Å²) in [6.07, 6.45) is 5.01. The lowest BCUT2D eigenvalue weighted by Crippen LogP contribution is -2.14. The summed E-state index contributed by atoms with van der Waals surface area (Å²) in [6, 6.07) is 7.61. The zero-order chi connectivity index (χ0) is 11.9. The van der Waals surface area contributed by atoms with Gasteiger partial charge in [-0.15, -0.1) is 0 Å². The first kappa shape index (κ1) is 12.8. The zero-order valence-corrected chi connectivity index (χ0v) is 11.0. The van der Waals surface area contributed by atoms with Crippen LogP contribution in [0.4, 0.5) is 0 Å². The SMILES string of the molecule is Oc1cccc(CCSC2CCCNCC2)c1. The van der Waals surface area contributed by atoms with Crippen molar-refractivity contribution in [3.05, 3.63) is 29.8 Å². The fraction of sp³-hybridized carbons (Fsp3) is 0.571. The Hall–Kier alpha value is -0.670. The van der Waals surface area contributed by atoms with Crippen LogP contribution in [0.15, 0.2) is 24.3 Å². The second-order valence-corrected chi connectivity index (χ2v) is 6.00. The largest absolute Gasteiger partial charge is 0.508 e. The fourth-order valence-corrected chi connectivity index (χ4v) is 3.51. The van der Waals surface area contributed by atoms with Crippen molar-refractivity contribution in [1.29, 1.82) is 0 Å². The van der Waals surface area contributed by atoms with E-state index < -0.39 is 0 Å². The van der Waals surface area contributed by atoms with Crippen LogP contribution in [-0.2, 0) is 6.42 Å². The third-order valence-electron chi connectivity index (χ3n) is 3.18. The predicted octanol–water partition coefficient (Wildman–Crippen LogP) is 2.81. The van der Waals surface area contributed by atoms with E-state index in [-0.39, 0.29) is 0 Å². The van der Waals surface area contributed by atoms with Crippen molar-refractivity contribution in [2.75, 3.05) is 18.8 Å². The van der Waals surface area contributed by atoms with E-state index in [1.807, 2.05) is 12.1 Å². The van der Waals surface area contributed by atoms with Crippen LogP contribution < -0.4 is 5.32 Å². The Bertz CT molecular complexity index is 335. The Balaban J connectivity index is 1.71. The number of phenolic OH excluding ortho intramolecular Hbond substituents is 1. The average Bonchev–Trinajstić information content (AvgIpc) is 2.58. The summed E-state index contributed by atoms with van der Waals surface area (Å²) in [7, 11) is 0. The van der Waals surface area contributed by atoms with Gasteiger partial charge in [-0.1, -0.05) is 12.1 Å². The quantitative estimate of drug-likeness (QED) is 0.863. The highest BCUT2D eigenvalue weighted by atomic mass is 32.2. The number of benzene rings is 1. The Morgan fingerprint density at radius 3 is 3.12 bits per heavy atom. The van der Waals surface area contributed by atoms with Crippen molar-refractivity contribution < 1.29 is 5.11 Å². The molecule has 0 radical (unpaired) electrons. The van der Waals surface area contributed by atoms with Gasteiger partial charge in [0.1, 0.15) is 5.75 Å². The molecule has 1 aliphatic rings. The second kappa shape index (κ2) is 6.92. The lowest BCUT2D eigenvalue weighted by atomic mass is 10.2. The molecule has 0 spiro atoms. The summed E-state index contributed by atoms with van der Waals surface area (Å²) >= 11 is 2.09. The molecule has 0 saturated carbocycles. The van der Waals surface area contributed by atoms with Crippen molar-refractivity contribution in [1.82, 2.24) is 5.32 Å². The summed E-state index contributed by atoms with van der Waals surface area (Å²) in [5, 5.41) is 13.7. The Morgan fingerprint density at radius 2 is 2.24 bits per heavy atom. The summed E-state index contributed by atoms with van der Waals surface area (Å²) in [4.78, 5) is 0. The maximum Gasteiger partial charge on any atom is 0.115 e. The first-order chi connectivity index (χ1) is 8.34. The van der Waals surface area contributed by atoms with Crippen LogP contribution in [0.3, 0.4) is 0 Å². The molecule has 1 aliphatic heterocycles. The molecule has 0 aromatic heterocycles. The van der Waals surface area contributed by atoms with E-state index in [1.54, 1.807) is 6.07 Å². The van der Waals surface area contributed by atoms with Gasteiger partial charge in [0, 0.05) is 5.25 Å². The monoisotopic (exact) mass is 251 g/mol. The van der Waals surface area contributed by atoms with E-state index in [0.29, 0.717) is 5.75 Å². The number of hydrogen-bond donors (Lipinski definition) is 2. The number of rotatable bonds is 4. The lowest BCUT2D eigenvalue weighted by molar-refractivity contribution is 0.474. The molecule has 0 amide bonds. The number of nitrogens with one attached hydrogen (secondary N) is 1. The lowest BCUT2D eigenvalue weighted by Gasteiger charge is -2.12. The highest BCUT2D eigenvalue weighted by Crippen LogP contribution is 2.22. The van der Waals surface area contributed by atoms with Gasteiger partial charge >= 0.3 is 0 Å². The van der Waals surface area contributed by atoms with E-state index in [9.17, 15) is 5.11 Å². The number of phenols is 1. The minimum Gasteiger partial charge on any atom is -0.508 e. The van der Waals surface area contributed by atoms with Gasteiger partial charge in [-0.25, -0.2) is 0 Å². The summed E-state index contributed by atoms with van der Waals surface area (Å²) in [5.74, 6) is 1.54. The second-order valence-electron chi connectivity index (χ2n) is 4.59. The third kappa shape index (κ3) is 4.60. The highest BCUT2D eigenvalue weighted by molar-refractivity contribution is 7.99. The van der Waals surface area contributed by atoms with E-state index in [2.05, 4.69) is 23.1 Å². The third-order valence-corrected chi connectivity index (χ3v) is 4.56. The highest BCUT2D eigenvalue weighted by Gasteiger charge is 2.11. The number of aryl methyl sites for hydroxylation is 1. The first-order valence-corrected chi connectivity index (χ1v) is 7.50. The first-order valence-electron chi connectivity index (χ1n) is 6.45. The molecule has 0 aliphatic carbocycles. The maximum absolute atomic E-state index is 9.38. The van der Waals surface area contributed by atoms with Gasteiger partial charge in [-0.05, 0) is 62.2 Å². The van der Waals surface area contributed by atoms with Crippen molar-refractivity contribution in [2.45, 2.75) is 30.9 Å². The molecule has 1 fully saturated rings. The molecule has 1 aromatic carbocycles. The van der Waals surface area contributed by atoms with Crippen molar-refractivity contribution in [3.63, 3.8) is 0 Å². The van der Waals surface area contributed by atoms with Crippen LogP contribution in [0.25, 0.3) is 0 Å². The summed E-state index contributed by atoms with van der Waals surface area (Å²) < 4.78 is 0. The van der Waals surface area contributed by atoms with Crippen LogP contribution >= 0.6 is 11.8 Å². The van der Waals surface area contributed by atoms with Crippen LogP contribution in [-0.4, -0.2) is 29.2 Å². The smallest absolute Gasteiger partial charge is 0.115 e. The molecule has 1 atom stereocenters. The van der Waals surface area contributed by atoms with E-state index in [1.165, 1.54) is 37.9 Å². The van der Waals surface area contributed by atoms with Gasteiger partial charge in [-0.2, -0.15) is 11.8 Å². The summed E-state index contributed by atoms with van der Waals surface area (Å²) in [5.41, 5.74) is 1.24. The molecule has 1 aromatic rings. The fourth-order valence-electron chi connectivity index (χ4n) is 2.21. The molecule has 2 N–H and O–H groups in total. The van der Waals surface area contributed by atoms with E-state index in [4.69, 9.17) is 0 Å². The molecule has 1 unspecified atom stereocenters. The molecule has 1 saturated heterocycles. The number of aromatic hydroxyl groups is 1. The van der Waals surface area contributed by atoms with Gasteiger partial charge in [-0.3, -0.25) is 0 Å². The van der Waals surface area contributed by atoms with Crippen LogP contribution in [0.5, 0.6) is 5.75 Å². The topological polar surface area (TPSA) is 32.3 Å². The van der Waals surface area contributed by atoms with E-state index in [0.717, 1.165) is 17.4 Å². The van der Waals surface area contributed by atoms with Crippen molar-refractivity contribution in [2.24, 2.45) is 0 Å². The molecule has 2 rings (SSSR count).